The number of carbonyl (C=O) groups excluding carboxylic acids is 4. The maximum Gasteiger partial charge on any atom is 0.411 e. The molecule has 1 aliphatic carbocycles. The van der Waals surface area contributed by atoms with E-state index in [0.717, 1.165) is 32.1 Å². The van der Waals surface area contributed by atoms with Gasteiger partial charge in [-0.05, 0) is 12.3 Å². The highest BCUT2D eigenvalue weighted by Crippen LogP contribution is 2.29. The fourth-order valence-corrected chi connectivity index (χ4v) is 6.02. The number of carbonyl (C=O) groups is 4. The lowest BCUT2D eigenvalue weighted by atomic mass is 9.82. The van der Waals surface area contributed by atoms with Gasteiger partial charge in [-0.25, -0.2) is 9.78 Å². The zero-order valence-corrected chi connectivity index (χ0v) is 25.7. The SMILES string of the molecule is O=C(NC(CC1CCCCC1)C(O)C(=O)c1ccccc1)C(NC(=O)C(OC(=O)N1CCOCC1)c1ccccc1)c1cnc[nH]1. The van der Waals surface area contributed by atoms with Crippen molar-refractivity contribution in [3.63, 3.8) is 0 Å². The van der Waals surface area contributed by atoms with Crippen LogP contribution in [0.15, 0.2) is 73.2 Å². The number of hydrogen-bond donors (Lipinski definition) is 4. The second-order valence-electron chi connectivity index (χ2n) is 11.8. The highest BCUT2D eigenvalue weighted by molar-refractivity contribution is 6.00. The quantitative estimate of drug-likeness (QED) is 0.221. The number of H-pyrrole nitrogens is 1. The maximum atomic E-state index is 14.0. The molecule has 12 nitrogen and oxygen atoms in total. The van der Waals surface area contributed by atoms with Crippen molar-refractivity contribution in [2.24, 2.45) is 5.92 Å². The molecule has 1 aliphatic heterocycles. The molecule has 2 heterocycles. The molecule has 3 aromatic rings. The topological polar surface area (TPSA) is 163 Å². The second kappa shape index (κ2) is 16.1. The molecule has 0 spiro atoms. The van der Waals surface area contributed by atoms with E-state index in [2.05, 4.69) is 20.6 Å². The molecule has 4 unspecified atom stereocenters. The van der Waals surface area contributed by atoms with Gasteiger partial charge < -0.3 is 35.1 Å². The van der Waals surface area contributed by atoms with Gasteiger partial charge in [-0.1, -0.05) is 92.8 Å². The van der Waals surface area contributed by atoms with Gasteiger partial charge in [0.15, 0.2) is 5.78 Å². The molecule has 0 radical (unpaired) electrons. The number of aliphatic hydroxyl groups excluding tert-OH is 1. The number of rotatable bonds is 12. The summed E-state index contributed by atoms with van der Waals surface area (Å²) in [5.74, 6) is -1.65. The van der Waals surface area contributed by atoms with Crippen LogP contribution in [0, 0.1) is 5.92 Å². The van der Waals surface area contributed by atoms with E-state index >= 15 is 0 Å². The molecule has 244 valence electrons. The van der Waals surface area contributed by atoms with E-state index in [4.69, 9.17) is 9.47 Å². The van der Waals surface area contributed by atoms with Crippen LogP contribution in [0.4, 0.5) is 4.79 Å². The normalized spacial score (nSPS) is 18.1. The first-order chi connectivity index (χ1) is 22.4. The van der Waals surface area contributed by atoms with Crippen LogP contribution in [0.5, 0.6) is 0 Å². The van der Waals surface area contributed by atoms with Crippen LogP contribution in [-0.2, 0) is 19.1 Å². The molecule has 1 aromatic heterocycles. The number of imidazole rings is 1. The number of benzene rings is 2. The lowest BCUT2D eigenvalue weighted by Crippen LogP contribution is -2.52. The van der Waals surface area contributed by atoms with Crippen molar-refractivity contribution in [3.05, 3.63) is 90.0 Å². The Morgan fingerprint density at radius 1 is 0.935 bits per heavy atom. The van der Waals surface area contributed by atoms with Gasteiger partial charge in [0.1, 0.15) is 12.1 Å². The molecule has 5 rings (SSSR count). The summed E-state index contributed by atoms with van der Waals surface area (Å²) in [4.78, 5) is 62.6. The summed E-state index contributed by atoms with van der Waals surface area (Å²) in [6, 6.07) is 14.8. The van der Waals surface area contributed by atoms with Gasteiger partial charge in [-0.3, -0.25) is 14.4 Å². The minimum absolute atomic E-state index is 0.222. The van der Waals surface area contributed by atoms with Crippen LogP contribution in [0.2, 0.25) is 0 Å². The van der Waals surface area contributed by atoms with Crippen molar-refractivity contribution in [2.45, 2.75) is 62.8 Å². The number of nitrogens with one attached hydrogen (secondary N) is 3. The first kappa shape index (κ1) is 32.8. The number of aromatic amines is 1. The van der Waals surface area contributed by atoms with Gasteiger partial charge in [0.05, 0.1) is 37.5 Å². The standard InChI is InChI=1S/C34H41N5O7/c40-29(24-12-6-2-7-13-24)30(41)26(20-23-10-4-1-5-11-23)37-32(42)28(27-21-35-22-36-27)38-33(43)31(25-14-8-3-9-15-25)46-34(44)39-16-18-45-19-17-39/h2-3,6-9,12-15,21-23,26,28,30-31,41H,1,4-5,10-11,16-20H2,(H,35,36)(H,37,42)(H,38,43). The molecule has 12 heteroatoms. The molecule has 2 aromatic carbocycles. The van der Waals surface area contributed by atoms with Crippen molar-refractivity contribution >= 4 is 23.7 Å². The molecule has 1 saturated carbocycles. The Balaban J connectivity index is 1.37. The Kier molecular flexibility index (Phi) is 11.5. The summed E-state index contributed by atoms with van der Waals surface area (Å²) < 4.78 is 11.0. The van der Waals surface area contributed by atoms with E-state index in [1.807, 2.05) is 0 Å². The van der Waals surface area contributed by atoms with Gasteiger partial charge in [0, 0.05) is 24.2 Å². The fraction of sp³-hybridized carbons (Fsp3) is 0.441. The van der Waals surface area contributed by atoms with Gasteiger partial charge in [0.2, 0.25) is 12.0 Å². The molecule has 2 aliphatic rings. The van der Waals surface area contributed by atoms with E-state index < -0.39 is 48.0 Å². The molecule has 3 amide bonds. The van der Waals surface area contributed by atoms with Crippen LogP contribution in [0.25, 0.3) is 0 Å². The fourth-order valence-electron chi connectivity index (χ4n) is 6.02. The number of hydrogen-bond acceptors (Lipinski definition) is 8. The van der Waals surface area contributed by atoms with Gasteiger partial charge in [0.25, 0.3) is 5.91 Å². The number of ether oxygens (including phenoxy) is 2. The average molecular weight is 632 g/mol. The highest BCUT2D eigenvalue weighted by atomic mass is 16.6. The number of aliphatic hydroxyl groups is 1. The molecule has 0 bridgehead atoms. The predicted molar refractivity (Wildman–Crippen MR) is 167 cm³/mol. The monoisotopic (exact) mass is 631 g/mol. The van der Waals surface area contributed by atoms with E-state index in [9.17, 15) is 24.3 Å². The summed E-state index contributed by atoms with van der Waals surface area (Å²) >= 11 is 0. The molecular weight excluding hydrogens is 590 g/mol. The number of Topliss-reactive ketones (excluding diaryl/α,β-unsaturated/α-hetero) is 1. The first-order valence-electron chi connectivity index (χ1n) is 15.9. The van der Waals surface area contributed by atoms with E-state index in [1.165, 1.54) is 17.4 Å². The molecule has 46 heavy (non-hydrogen) atoms. The lowest BCUT2D eigenvalue weighted by molar-refractivity contribution is -0.135. The third-order valence-electron chi connectivity index (χ3n) is 8.56. The third kappa shape index (κ3) is 8.58. The van der Waals surface area contributed by atoms with Crippen LogP contribution in [0.1, 0.15) is 72.3 Å². The van der Waals surface area contributed by atoms with Crippen molar-refractivity contribution in [1.29, 1.82) is 0 Å². The number of nitrogens with zero attached hydrogens (tertiary/aromatic N) is 2. The predicted octanol–water partition coefficient (Wildman–Crippen LogP) is 3.48. The van der Waals surface area contributed by atoms with Gasteiger partial charge in [-0.15, -0.1) is 0 Å². The van der Waals surface area contributed by atoms with Crippen LogP contribution >= 0.6 is 0 Å². The first-order valence-corrected chi connectivity index (χ1v) is 15.9. The summed E-state index contributed by atoms with van der Waals surface area (Å²) in [7, 11) is 0. The Labute approximate surface area is 267 Å². The van der Waals surface area contributed by atoms with Crippen molar-refractivity contribution in [1.82, 2.24) is 25.5 Å². The smallest absolute Gasteiger partial charge is 0.411 e. The Bertz CT molecular complexity index is 1420. The minimum atomic E-state index is -1.50. The van der Waals surface area contributed by atoms with E-state index in [-0.39, 0.29) is 11.6 Å². The van der Waals surface area contributed by atoms with Gasteiger partial charge in [-0.2, -0.15) is 0 Å². The largest absolute Gasteiger partial charge is 0.431 e. The summed E-state index contributed by atoms with van der Waals surface area (Å²) in [5.41, 5.74) is 1.03. The highest BCUT2D eigenvalue weighted by Gasteiger charge is 2.36. The lowest BCUT2D eigenvalue weighted by Gasteiger charge is -2.31. The molecular formula is C34H41N5O7. The molecule has 4 N–H and O–H groups in total. The Hall–Kier alpha value is -4.55. The number of morpholine rings is 1. The zero-order chi connectivity index (χ0) is 32.3. The number of ketones is 1. The summed E-state index contributed by atoms with van der Waals surface area (Å²) in [6.07, 6.45) is 4.74. The van der Waals surface area contributed by atoms with Crippen LogP contribution in [0.3, 0.4) is 0 Å². The second-order valence-corrected chi connectivity index (χ2v) is 11.8. The van der Waals surface area contributed by atoms with Gasteiger partial charge >= 0.3 is 6.09 Å². The van der Waals surface area contributed by atoms with E-state index in [1.54, 1.807) is 60.7 Å². The third-order valence-corrected chi connectivity index (χ3v) is 8.56. The Morgan fingerprint density at radius 2 is 1.61 bits per heavy atom. The molecule has 2 fully saturated rings. The Morgan fingerprint density at radius 3 is 2.26 bits per heavy atom. The molecule has 1 saturated heterocycles. The van der Waals surface area contributed by atoms with E-state index in [0.29, 0.717) is 43.9 Å². The average Bonchev–Trinajstić information content (AvgIpc) is 3.65. The van der Waals surface area contributed by atoms with Crippen LogP contribution in [-0.4, -0.2) is 82.1 Å². The molecule has 4 atom stereocenters. The number of amides is 3. The van der Waals surface area contributed by atoms with Crippen molar-refractivity contribution in [3.8, 4) is 0 Å². The zero-order valence-electron chi connectivity index (χ0n) is 25.7. The maximum absolute atomic E-state index is 14.0. The van der Waals surface area contributed by atoms with Crippen LogP contribution < -0.4 is 10.6 Å². The summed E-state index contributed by atoms with van der Waals surface area (Å²) in [6.45, 7) is 1.38. The minimum Gasteiger partial charge on any atom is -0.431 e. The summed E-state index contributed by atoms with van der Waals surface area (Å²) in [5, 5.41) is 16.9. The number of aromatic nitrogens is 2. The van der Waals surface area contributed by atoms with Crippen molar-refractivity contribution in [2.75, 3.05) is 26.3 Å². The van der Waals surface area contributed by atoms with Crippen molar-refractivity contribution < 1.29 is 33.8 Å².